The van der Waals surface area contributed by atoms with Crippen LogP contribution in [0.3, 0.4) is 0 Å². The highest BCUT2D eigenvalue weighted by Gasteiger charge is 2.65. The molecule has 0 aromatic heterocycles. The Morgan fingerprint density at radius 1 is 0.884 bits per heavy atom. The number of carbonyl (C=O) groups excluding carboxylic acids is 6. The third-order valence-electron chi connectivity index (χ3n) is 8.65. The molecule has 0 radical (unpaired) electrons. The smallest absolute Gasteiger partial charge is 0.313 e. The van der Waals surface area contributed by atoms with Gasteiger partial charge in [-0.2, -0.15) is 0 Å². The first-order chi connectivity index (χ1) is 20.5. The third-order valence-corrected chi connectivity index (χ3v) is 8.65. The van der Waals surface area contributed by atoms with Crippen molar-refractivity contribution in [2.45, 2.75) is 88.9 Å². The van der Waals surface area contributed by atoms with Crippen LogP contribution in [-0.2, 0) is 54.8 Å². The molecule has 0 N–H and O–H groups in total. The highest BCUT2D eigenvalue weighted by molar-refractivity contribution is 5.85. The Morgan fingerprint density at radius 2 is 1.51 bits per heavy atom. The van der Waals surface area contributed by atoms with Gasteiger partial charge in [0.05, 0.1) is 0 Å². The largest absolute Gasteiger partial charge is 0.481 e. The molecule has 12 nitrogen and oxygen atoms in total. The maximum absolute atomic E-state index is 12.8. The van der Waals surface area contributed by atoms with Crippen LogP contribution >= 0.6 is 0 Å². The molecule has 1 aromatic rings. The second-order valence-corrected chi connectivity index (χ2v) is 11.5. The van der Waals surface area contributed by atoms with E-state index < -0.39 is 53.4 Å². The second-order valence-electron chi connectivity index (χ2n) is 11.5. The van der Waals surface area contributed by atoms with E-state index in [0.717, 1.165) is 44.4 Å². The number of likely N-dealkylation sites (N-methyl/N-ethyl adjacent to an activating group) is 1. The summed E-state index contributed by atoms with van der Waals surface area (Å²) in [6.45, 7) is 3.09. The summed E-state index contributed by atoms with van der Waals surface area (Å²) in [4.78, 5) is 73.1. The molecule has 230 valence electrons. The van der Waals surface area contributed by atoms with Crippen molar-refractivity contribution in [3.8, 4) is 11.5 Å². The standard InChI is InChI=1S/C31H35NO11/c1-17(33)39-24(35)6-4-8-26(37)41-22-12-10-19-16-21-20-11-13-23(42-27(38)9-5-7-25(36)40-18(2)34)30-31(20,14-15-32(21)3)28(19)29(22)43-30/h10-13,20-21,23,30H,4-9,14-16H2,1-3H3/t20-,21+,23-,30-,31?/m0/s1. The third kappa shape index (κ3) is 6.06. The Hall–Kier alpha value is -4.06. The van der Waals surface area contributed by atoms with Crippen LogP contribution < -0.4 is 9.47 Å². The highest BCUT2D eigenvalue weighted by atomic mass is 16.6. The Bertz CT molecular complexity index is 1380. The number of likely N-dealkylation sites (tertiary alicyclic amines) is 1. The normalized spacial score (nSPS) is 26.0. The zero-order chi connectivity index (χ0) is 30.9. The molecule has 4 aliphatic rings. The average Bonchev–Trinajstić information content (AvgIpc) is 3.27. The van der Waals surface area contributed by atoms with Crippen LogP contribution in [0.15, 0.2) is 24.3 Å². The first-order valence-electron chi connectivity index (χ1n) is 14.5. The van der Waals surface area contributed by atoms with Crippen molar-refractivity contribution >= 4 is 35.8 Å². The van der Waals surface area contributed by atoms with Crippen molar-refractivity contribution in [1.29, 1.82) is 0 Å². The van der Waals surface area contributed by atoms with E-state index in [-0.39, 0.29) is 56.2 Å². The zero-order valence-electron chi connectivity index (χ0n) is 24.4. The number of benzene rings is 1. The van der Waals surface area contributed by atoms with Gasteiger partial charge < -0.3 is 28.6 Å². The van der Waals surface area contributed by atoms with E-state index in [1.165, 1.54) is 0 Å². The summed E-state index contributed by atoms with van der Waals surface area (Å²) < 4.78 is 27.2. The van der Waals surface area contributed by atoms with Crippen LogP contribution in [-0.4, -0.2) is 72.6 Å². The van der Waals surface area contributed by atoms with E-state index >= 15 is 0 Å². The molecule has 2 aliphatic carbocycles. The Kier molecular flexibility index (Phi) is 8.68. The van der Waals surface area contributed by atoms with E-state index in [1.807, 2.05) is 12.1 Å². The molecule has 5 atom stereocenters. The molecule has 2 bridgehead atoms. The van der Waals surface area contributed by atoms with Gasteiger partial charge in [0.15, 0.2) is 17.6 Å². The van der Waals surface area contributed by atoms with Gasteiger partial charge in [0.1, 0.15) is 6.10 Å². The Balaban J connectivity index is 1.32. The SMILES string of the molecule is CC(=O)OC(=O)CCCC(=O)Oc1ccc2c3c1O[C@H]1[C@@H](OC(=O)CCCC(=O)OC(C)=O)C=C[C@H]4[C@@H](C2)N(C)CCC341. The van der Waals surface area contributed by atoms with Crippen LogP contribution in [0, 0.1) is 5.92 Å². The minimum Gasteiger partial charge on any atom is -0.481 e. The van der Waals surface area contributed by atoms with E-state index in [9.17, 15) is 28.8 Å². The van der Waals surface area contributed by atoms with Crippen molar-refractivity contribution in [2.24, 2.45) is 5.92 Å². The number of carbonyl (C=O) groups is 6. The molecular formula is C31H35NO11. The number of hydrogen-bond donors (Lipinski definition) is 0. The minimum absolute atomic E-state index is 0.0348. The first-order valence-corrected chi connectivity index (χ1v) is 14.5. The summed E-state index contributed by atoms with van der Waals surface area (Å²) in [7, 11) is 2.10. The molecule has 2 heterocycles. The summed E-state index contributed by atoms with van der Waals surface area (Å²) >= 11 is 0. The lowest BCUT2D eigenvalue weighted by Gasteiger charge is -2.56. The summed E-state index contributed by atoms with van der Waals surface area (Å²) in [6, 6.07) is 3.90. The monoisotopic (exact) mass is 597 g/mol. The number of hydrogen-bond acceptors (Lipinski definition) is 12. The van der Waals surface area contributed by atoms with Gasteiger partial charge in [-0.3, -0.25) is 28.8 Å². The fraction of sp³-hybridized carbons (Fsp3) is 0.548. The molecule has 12 heteroatoms. The Morgan fingerprint density at radius 3 is 2.16 bits per heavy atom. The second kappa shape index (κ2) is 12.3. The van der Waals surface area contributed by atoms with Crippen molar-refractivity contribution in [3.63, 3.8) is 0 Å². The van der Waals surface area contributed by atoms with Crippen molar-refractivity contribution in [1.82, 2.24) is 4.90 Å². The number of esters is 6. The number of rotatable bonds is 10. The molecule has 1 spiro atoms. The van der Waals surface area contributed by atoms with Gasteiger partial charge in [-0.25, -0.2) is 0 Å². The lowest BCUT2D eigenvalue weighted by Crippen LogP contribution is -2.65. The molecular weight excluding hydrogens is 562 g/mol. The van der Waals surface area contributed by atoms with Gasteiger partial charge in [0.2, 0.25) is 0 Å². The fourth-order valence-corrected chi connectivity index (χ4v) is 6.95. The summed E-state index contributed by atoms with van der Waals surface area (Å²) in [5.74, 6) is -3.03. The molecule has 1 unspecified atom stereocenters. The molecule has 1 aromatic carbocycles. The first kappa shape index (κ1) is 30.4. The van der Waals surface area contributed by atoms with E-state index in [2.05, 4.69) is 27.5 Å². The van der Waals surface area contributed by atoms with Crippen molar-refractivity contribution in [3.05, 3.63) is 35.4 Å². The lowest BCUT2D eigenvalue weighted by atomic mass is 9.53. The maximum atomic E-state index is 12.8. The van der Waals surface area contributed by atoms with Crippen molar-refractivity contribution in [2.75, 3.05) is 13.6 Å². The number of ether oxygens (including phenoxy) is 5. The minimum atomic E-state index is -0.704. The molecule has 43 heavy (non-hydrogen) atoms. The zero-order valence-corrected chi connectivity index (χ0v) is 24.4. The van der Waals surface area contributed by atoms with Gasteiger partial charge >= 0.3 is 35.8 Å². The van der Waals surface area contributed by atoms with Crippen LogP contribution in [0.2, 0.25) is 0 Å². The van der Waals surface area contributed by atoms with Crippen LogP contribution in [0.5, 0.6) is 11.5 Å². The van der Waals surface area contributed by atoms with Crippen molar-refractivity contribution < 1.29 is 52.5 Å². The molecule has 2 aliphatic heterocycles. The molecule has 0 saturated carbocycles. The summed E-state index contributed by atoms with van der Waals surface area (Å²) in [5.41, 5.74) is 1.60. The van der Waals surface area contributed by atoms with Crippen LogP contribution in [0.25, 0.3) is 0 Å². The van der Waals surface area contributed by atoms with Gasteiger partial charge in [0, 0.05) is 62.5 Å². The molecule has 1 fully saturated rings. The topological polar surface area (TPSA) is 152 Å². The summed E-state index contributed by atoms with van der Waals surface area (Å²) in [6.07, 6.45) is 4.32. The predicted molar refractivity (Wildman–Crippen MR) is 147 cm³/mol. The van der Waals surface area contributed by atoms with E-state index in [1.54, 1.807) is 6.07 Å². The Labute approximate surface area is 248 Å². The fourth-order valence-electron chi connectivity index (χ4n) is 6.95. The lowest BCUT2D eigenvalue weighted by molar-refractivity contribution is -0.160. The molecule has 5 rings (SSSR count). The van der Waals surface area contributed by atoms with E-state index in [0.29, 0.717) is 5.75 Å². The molecule has 0 amide bonds. The maximum Gasteiger partial charge on any atom is 0.313 e. The highest BCUT2D eigenvalue weighted by Crippen LogP contribution is 2.62. The number of nitrogens with zero attached hydrogens (tertiary/aromatic N) is 1. The van der Waals surface area contributed by atoms with Crippen LogP contribution in [0.1, 0.15) is 69.9 Å². The predicted octanol–water partition coefficient (Wildman–Crippen LogP) is 2.47. The number of piperidine rings is 1. The van der Waals surface area contributed by atoms with Gasteiger partial charge in [-0.15, -0.1) is 0 Å². The van der Waals surface area contributed by atoms with Crippen LogP contribution in [0.4, 0.5) is 0 Å². The van der Waals surface area contributed by atoms with Gasteiger partial charge in [0.25, 0.3) is 0 Å². The average molecular weight is 598 g/mol. The molecule has 1 saturated heterocycles. The summed E-state index contributed by atoms with van der Waals surface area (Å²) in [5, 5.41) is 0. The van der Waals surface area contributed by atoms with E-state index in [4.69, 9.17) is 14.2 Å². The van der Waals surface area contributed by atoms with Gasteiger partial charge in [-0.1, -0.05) is 12.1 Å². The van der Waals surface area contributed by atoms with Gasteiger partial charge in [-0.05, 0) is 57.0 Å². The quantitative estimate of drug-likeness (QED) is 0.128.